The highest BCUT2D eigenvalue weighted by atomic mass is 79.9. The van der Waals surface area contributed by atoms with E-state index in [1.165, 1.54) is 13.1 Å². The first-order valence-electron chi connectivity index (χ1n) is 6.19. The predicted octanol–water partition coefficient (Wildman–Crippen LogP) is 1.94. The second-order valence-corrected chi connectivity index (χ2v) is 7.96. The summed E-state index contributed by atoms with van der Waals surface area (Å²) in [6, 6.07) is 3.12. The van der Waals surface area contributed by atoms with Gasteiger partial charge in [-0.05, 0) is 34.5 Å². The number of nitrogens with zero attached hydrogens (tertiary/aromatic N) is 1. The molecule has 3 N–H and O–H groups in total. The van der Waals surface area contributed by atoms with Crippen molar-refractivity contribution < 1.29 is 13.2 Å². The van der Waals surface area contributed by atoms with Crippen LogP contribution in [0.5, 0.6) is 0 Å². The summed E-state index contributed by atoms with van der Waals surface area (Å²) in [7, 11) is -2.41. The molecule has 0 aromatic heterocycles. The Labute approximate surface area is 141 Å². The topological polar surface area (TPSA) is 92.5 Å². The molecule has 0 atom stereocenters. The van der Waals surface area contributed by atoms with Gasteiger partial charge in [0.05, 0.1) is 12.2 Å². The van der Waals surface area contributed by atoms with E-state index in [9.17, 15) is 13.2 Å². The Kier molecular flexibility index (Phi) is 6.64. The Bertz CT molecular complexity index is 612. The second-order valence-electron chi connectivity index (χ2n) is 4.32. The zero-order valence-electron chi connectivity index (χ0n) is 11.7. The highest BCUT2D eigenvalue weighted by Crippen LogP contribution is 2.33. The lowest BCUT2D eigenvalue weighted by molar-refractivity contribution is -0.120. The van der Waals surface area contributed by atoms with E-state index in [1.54, 1.807) is 6.07 Å². The Hall–Kier alpha value is -0.640. The van der Waals surface area contributed by atoms with Gasteiger partial charge < -0.3 is 11.1 Å². The summed E-state index contributed by atoms with van der Waals surface area (Å²) in [5, 5.41) is 2.42. The van der Waals surface area contributed by atoms with E-state index in [0.717, 1.165) is 4.31 Å². The quantitative estimate of drug-likeness (QED) is 0.658. The van der Waals surface area contributed by atoms with Crippen LogP contribution < -0.4 is 11.1 Å². The third-order valence-corrected chi connectivity index (χ3v) is 6.02. The maximum absolute atomic E-state index is 12.7. The van der Waals surface area contributed by atoms with E-state index in [2.05, 4.69) is 37.2 Å². The third kappa shape index (κ3) is 4.41. The van der Waals surface area contributed by atoms with Gasteiger partial charge in [-0.25, -0.2) is 8.42 Å². The molecule has 0 bridgehead atoms. The summed E-state index contributed by atoms with van der Waals surface area (Å²) in [6.07, 6.45) is 0.588. The van der Waals surface area contributed by atoms with Gasteiger partial charge in [-0.3, -0.25) is 4.79 Å². The van der Waals surface area contributed by atoms with Crippen LogP contribution in [-0.2, 0) is 14.8 Å². The van der Waals surface area contributed by atoms with Gasteiger partial charge in [0.1, 0.15) is 4.90 Å². The van der Waals surface area contributed by atoms with Gasteiger partial charge in [0.25, 0.3) is 0 Å². The summed E-state index contributed by atoms with van der Waals surface area (Å²) < 4.78 is 27.6. The third-order valence-electron chi connectivity index (χ3n) is 2.71. The van der Waals surface area contributed by atoms with Gasteiger partial charge >= 0.3 is 0 Å². The molecular formula is C12H17Br2N3O3S. The van der Waals surface area contributed by atoms with Crippen LogP contribution in [0.15, 0.2) is 26.0 Å². The normalized spacial score (nSPS) is 11.7. The molecule has 0 radical (unpaired) electrons. The van der Waals surface area contributed by atoms with Crippen LogP contribution in [-0.4, -0.2) is 38.8 Å². The summed E-state index contributed by atoms with van der Waals surface area (Å²) in [5.41, 5.74) is 5.96. The van der Waals surface area contributed by atoms with Gasteiger partial charge in [0.2, 0.25) is 15.9 Å². The van der Waals surface area contributed by atoms with Crippen LogP contribution in [0, 0.1) is 0 Å². The molecule has 0 saturated heterocycles. The number of benzene rings is 1. The molecule has 9 heteroatoms. The highest BCUT2D eigenvalue weighted by molar-refractivity contribution is 9.11. The molecule has 1 aromatic rings. The van der Waals surface area contributed by atoms with Crippen LogP contribution in [0.25, 0.3) is 0 Å². The van der Waals surface area contributed by atoms with Crippen LogP contribution in [0.4, 0.5) is 5.69 Å². The lowest BCUT2D eigenvalue weighted by Gasteiger charge is -2.22. The predicted molar refractivity (Wildman–Crippen MR) is 89.4 cm³/mol. The number of rotatable bonds is 6. The molecule has 1 rings (SSSR count). The van der Waals surface area contributed by atoms with Crippen LogP contribution in [0.3, 0.4) is 0 Å². The number of carbonyl (C=O) groups excluding carboxylic acids is 1. The molecule has 0 fully saturated rings. The minimum Gasteiger partial charge on any atom is -0.398 e. The Morgan fingerprint density at radius 2 is 2.00 bits per heavy atom. The molecule has 118 valence electrons. The van der Waals surface area contributed by atoms with Crippen LogP contribution in [0.1, 0.15) is 13.3 Å². The lowest BCUT2D eigenvalue weighted by Crippen LogP contribution is -2.40. The number of carbonyl (C=O) groups is 1. The number of sulfonamides is 1. The maximum Gasteiger partial charge on any atom is 0.246 e. The van der Waals surface area contributed by atoms with E-state index >= 15 is 0 Å². The largest absolute Gasteiger partial charge is 0.398 e. The van der Waals surface area contributed by atoms with Gasteiger partial charge in [-0.2, -0.15) is 4.31 Å². The molecule has 21 heavy (non-hydrogen) atoms. The number of nitrogens with one attached hydrogen (secondary N) is 1. The van der Waals surface area contributed by atoms with Crippen LogP contribution >= 0.6 is 31.9 Å². The molecule has 1 amide bonds. The average molecular weight is 443 g/mol. The summed E-state index contributed by atoms with van der Waals surface area (Å²) in [4.78, 5) is 11.5. The highest BCUT2D eigenvalue weighted by Gasteiger charge is 2.29. The summed E-state index contributed by atoms with van der Waals surface area (Å²) in [6.45, 7) is 1.83. The number of amides is 1. The molecule has 0 aliphatic heterocycles. The SMILES string of the molecule is CCCN(CC(=O)NC)S(=O)(=O)c1c(N)cc(Br)cc1Br. The van der Waals surface area contributed by atoms with Gasteiger partial charge in [0, 0.05) is 22.5 Å². The Balaban J connectivity index is 3.32. The van der Waals surface area contributed by atoms with Crippen molar-refractivity contribution in [2.45, 2.75) is 18.2 Å². The molecular weight excluding hydrogens is 426 g/mol. The number of halogens is 2. The first-order valence-corrected chi connectivity index (χ1v) is 9.21. The molecule has 0 aliphatic rings. The van der Waals surface area contributed by atoms with Crippen molar-refractivity contribution in [1.29, 1.82) is 0 Å². The number of nitrogen functional groups attached to an aromatic ring is 1. The Morgan fingerprint density at radius 3 is 2.48 bits per heavy atom. The smallest absolute Gasteiger partial charge is 0.246 e. The number of anilines is 1. The first kappa shape index (κ1) is 18.4. The summed E-state index contributed by atoms with van der Waals surface area (Å²) in [5.74, 6) is -0.376. The molecule has 1 aromatic carbocycles. The van der Waals surface area contributed by atoms with Crippen LogP contribution in [0.2, 0.25) is 0 Å². The molecule has 6 nitrogen and oxygen atoms in total. The van der Waals surface area contributed by atoms with Crippen molar-refractivity contribution in [3.63, 3.8) is 0 Å². The average Bonchev–Trinajstić information content (AvgIpc) is 2.36. The van der Waals surface area contributed by atoms with E-state index in [0.29, 0.717) is 15.4 Å². The molecule has 0 spiro atoms. The van der Waals surface area contributed by atoms with Crippen molar-refractivity contribution in [3.8, 4) is 0 Å². The maximum atomic E-state index is 12.7. The van der Waals surface area contributed by atoms with Crippen molar-refractivity contribution in [3.05, 3.63) is 21.1 Å². The summed E-state index contributed by atoms with van der Waals surface area (Å²) >= 11 is 6.47. The van der Waals surface area contributed by atoms with Gasteiger partial charge in [-0.1, -0.05) is 22.9 Å². The number of hydrogen-bond donors (Lipinski definition) is 2. The fraction of sp³-hybridized carbons (Fsp3) is 0.417. The Morgan fingerprint density at radius 1 is 1.38 bits per heavy atom. The van der Waals surface area contributed by atoms with E-state index in [4.69, 9.17) is 5.73 Å². The first-order chi connectivity index (χ1) is 9.73. The fourth-order valence-electron chi connectivity index (χ4n) is 1.75. The molecule has 0 unspecified atom stereocenters. The van der Waals surface area contributed by atoms with Crippen molar-refractivity contribution in [1.82, 2.24) is 9.62 Å². The number of nitrogens with two attached hydrogens (primary N) is 1. The zero-order valence-corrected chi connectivity index (χ0v) is 15.7. The minimum absolute atomic E-state index is 0.0250. The number of hydrogen-bond acceptors (Lipinski definition) is 4. The van der Waals surface area contributed by atoms with Crippen molar-refractivity contribution >= 4 is 53.5 Å². The fourth-order valence-corrected chi connectivity index (χ4v) is 5.26. The molecule has 0 aliphatic carbocycles. The second kappa shape index (κ2) is 7.57. The standard InChI is InChI=1S/C12H17Br2N3O3S/c1-3-4-17(7-11(18)16-2)21(19,20)12-9(14)5-8(13)6-10(12)15/h5-6H,3-4,7,15H2,1-2H3,(H,16,18). The molecule has 0 saturated carbocycles. The minimum atomic E-state index is -3.87. The van der Waals surface area contributed by atoms with Crippen molar-refractivity contribution in [2.24, 2.45) is 0 Å². The molecule has 0 heterocycles. The number of likely N-dealkylation sites (N-methyl/N-ethyl adjacent to an activating group) is 1. The van der Waals surface area contributed by atoms with E-state index in [1.807, 2.05) is 6.92 Å². The van der Waals surface area contributed by atoms with E-state index in [-0.39, 0.29) is 29.6 Å². The van der Waals surface area contributed by atoms with Gasteiger partial charge in [-0.15, -0.1) is 0 Å². The monoisotopic (exact) mass is 441 g/mol. The van der Waals surface area contributed by atoms with Gasteiger partial charge in [0.15, 0.2) is 0 Å². The van der Waals surface area contributed by atoms with Crippen molar-refractivity contribution in [2.75, 3.05) is 25.9 Å². The lowest BCUT2D eigenvalue weighted by atomic mass is 10.3. The van der Waals surface area contributed by atoms with E-state index < -0.39 is 10.0 Å². The zero-order chi connectivity index (χ0) is 16.2.